The molecule has 0 saturated heterocycles. The molecule has 2 aromatic carbocycles. The Balaban J connectivity index is 1.71. The van der Waals surface area contributed by atoms with E-state index >= 15 is 0 Å². The molecule has 0 N–H and O–H groups in total. The van der Waals surface area contributed by atoms with E-state index in [1.165, 1.54) is 4.90 Å². The highest BCUT2D eigenvalue weighted by molar-refractivity contribution is 7.99. The minimum Gasteiger partial charge on any atom is -0.293 e. The van der Waals surface area contributed by atoms with Crippen LogP contribution in [0.15, 0.2) is 35.2 Å². The topological polar surface area (TPSA) is 17.1 Å². The lowest BCUT2D eigenvalue weighted by molar-refractivity contribution is 0.0993. The van der Waals surface area contributed by atoms with Gasteiger partial charge in [-0.1, -0.05) is 23.2 Å². The van der Waals surface area contributed by atoms with Gasteiger partial charge in [0.25, 0.3) is 0 Å². The van der Waals surface area contributed by atoms with Crippen molar-refractivity contribution in [1.29, 1.82) is 0 Å². The fraction of sp³-hybridized carbons (Fsp3) is 0.250. The smallest absolute Gasteiger partial charge is 0.173 e. The first-order valence-corrected chi connectivity index (χ1v) is 10.5. The minimum absolute atomic E-state index is 0.200. The largest absolute Gasteiger partial charge is 0.293 e. The molecule has 0 aliphatic rings. The van der Waals surface area contributed by atoms with Gasteiger partial charge >= 0.3 is 0 Å². The molecule has 1 heterocycles. The van der Waals surface area contributed by atoms with Gasteiger partial charge in [-0.05, 0) is 73.2 Å². The highest BCUT2D eigenvalue weighted by Gasteiger charge is 2.16. The van der Waals surface area contributed by atoms with Crippen LogP contribution in [-0.4, -0.2) is 11.5 Å². The Kier molecular flexibility index (Phi) is 5.79. The van der Waals surface area contributed by atoms with E-state index in [9.17, 15) is 4.79 Å². The molecule has 0 fully saturated rings. The summed E-state index contributed by atoms with van der Waals surface area (Å²) in [6, 6.07) is 9.88. The quantitative estimate of drug-likeness (QED) is 0.321. The van der Waals surface area contributed by atoms with E-state index in [4.69, 9.17) is 23.2 Å². The monoisotopic (exact) mass is 408 g/mol. The lowest BCUT2D eigenvalue weighted by Gasteiger charge is -2.08. The predicted molar refractivity (Wildman–Crippen MR) is 112 cm³/mol. The molecule has 1 aromatic heterocycles. The molecular formula is C20H18Cl2OS2. The zero-order valence-corrected chi connectivity index (χ0v) is 17.4. The van der Waals surface area contributed by atoms with Gasteiger partial charge in [0.05, 0.1) is 4.88 Å². The summed E-state index contributed by atoms with van der Waals surface area (Å²) in [7, 11) is 0. The van der Waals surface area contributed by atoms with Crippen molar-refractivity contribution in [2.75, 3.05) is 5.75 Å². The molecular weight excluding hydrogens is 391 g/mol. The van der Waals surface area contributed by atoms with E-state index in [0.29, 0.717) is 11.4 Å². The zero-order valence-electron chi connectivity index (χ0n) is 14.3. The van der Waals surface area contributed by atoms with E-state index in [1.54, 1.807) is 23.1 Å². The zero-order chi connectivity index (χ0) is 18.1. The van der Waals surface area contributed by atoms with Crippen molar-refractivity contribution < 1.29 is 4.79 Å². The number of aryl methyl sites for hydroxylation is 3. The van der Waals surface area contributed by atoms with Gasteiger partial charge in [0, 0.05) is 31.8 Å². The number of fused-ring (bicyclic) bond motifs is 1. The van der Waals surface area contributed by atoms with E-state index in [-0.39, 0.29) is 5.78 Å². The van der Waals surface area contributed by atoms with Crippen molar-refractivity contribution in [3.8, 4) is 0 Å². The summed E-state index contributed by atoms with van der Waals surface area (Å²) in [5.74, 6) is 0.959. The molecule has 25 heavy (non-hydrogen) atoms. The van der Waals surface area contributed by atoms with E-state index in [2.05, 4.69) is 13.0 Å². The van der Waals surface area contributed by atoms with Gasteiger partial charge in [0.1, 0.15) is 0 Å². The second kappa shape index (κ2) is 7.71. The Morgan fingerprint density at radius 3 is 2.60 bits per heavy atom. The molecule has 0 aliphatic heterocycles. The maximum Gasteiger partial charge on any atom is 0.173 e. The third-order valence-corrected chi connectivity index (χ3v) is 7.31. The van der Waals surface area contributed by atoms with E-state index in [0.717, 1.165) is 42.4 Å². The maximum atomic E-state index is 12.7. The van der Waals surface area contributed by atoms with E-state index in [1.807, 2.05) is 38.1 Å². The van der Waals surface area contributed by atoms with Crippen molar-refractivity contribution in [1.82, 2.24) is 0 Å². The van der Waals surface area contributed by atoms with Crippen LogP contribution >= 0.6 is 46.3 Å². The molecule has 0 radical (unpaired) electrons. The number of thioether (sulfide) groups is 1. The Labute approximate surface area is 166 Å². The van der Waals surface area contributed by atoms with Gasteiger partial charge < -0.3 is 0 Å². The Morgan fingerprint density at radius 1 is 1.08 bits per heavy atom. The number of benzene rings is 2. The number of ketones is 1. The van der Waals surface area contributed by atoms with Crippen LogP contribution < -0.4 is 0 Å². The van der Waals surface area contributed by atoms with Crippen LogP contribution in [0.25, 0.3) is 10.1 Å². The summed E-state index contributed by atoms with van der Waals surface area (Å²) >= 11 is 15.5. The predicted octanol–water partition coefficient (Wildman–Crippen LogP) is 7.50. The molecule has 1 nitrogen and oxygen atoms in total. The summed E-state index contributed by atoms with van der Waals surface area (Å²) in [4.78, 5) is 14.7. The summed E-state index contributed by atoms with van der Waals surface area (Å²) in [6.07, 6.45) is 0.521. The van der Waals surface area contributed by atoms with Crippen LogP contribution in [0.1, 0.15) is 32.8 Å². The lowest BCUT2D eigenvalue weighted by Crippen LogP contribution is -2.00. The summed E-state index contributed by atoms with van der Waals surface area (Å²) in [6.45, 7) is 6.06. The summed E-state index contributed by atoms with van der Waals surface area (Å²) < 4.78 is 1.11. The second-order valence-electron chi connectivity index (χ2n) is 6.09. The van der Waals surface area contributed by atoms with Gasteiger partial charge in [-0.25, -0.2) is 0 Å². The highest BCUT2D eigenvalue weighted by atomic mass is 35.5. The Hall–Kier alpha value is -1.00. The molecule has 0 atom stereocenters. The summed E-state index contributed by atoms with van der Waals surface area (Å²) in [5.41, 5.74) is 3.26. The van der Waals surface area contributed by atoms with E-state index < -0.39 is 0 Å². The average molecular weight is 409 g/mol. The fourth-order valence-corrected chi connectivity index (χ4v) is 5.34. The Bertz CT molecular complexity index is 960. The molecule has 3 rings (SSSR count). The summed E-state index contributed by atoms with van der Waals surface area (Å²) in [5, 5.41) is 2.58. The lowest BCUT2D eigenvalue weighted by atomic mass is 10.1. The molecule has 0 aliphatic carbocycles. The number of carbonyl (C=O) groups is 1. The minimum atomic E-state index is 0.200. The average Bonchev–Trinajstić information content (AvgIpc) is 2.89. The van der Waals surface area contributed by atoms with Gasteiger partial charge in [0.15, 0.2) is 5.78 Å². The normalized spacial score (nSPS) is 11.2. The number of rotatable bonds is 5. The van der Waals surface area contributed by atoms with Crippen LogP contribution in [0.3, 0.4) is 0 Å². The number of hydrogen-bond donors (Lipinski definition) is 0. The number of Topliss-reactive ketones (excluding diaryl/α,β-unsaturated/α-hetero) is 1. The molecule has 0 unspecified atom stereocenters. The molecule has 0 saturated carbocycles. The molecule has 130 valence electrons. The van der Waals surface area contributed by atoms with Crippen LogP contribution in [0, 0.1) is 20.8 Å². The molecule has 0 amide bonds. The first-order valence-electron chi connectivity index (χ1n) is 7.98. The highest BCUT2D eigenvalue weighted by Crippen LogP contribution is 2.34. The number of halogens is 2. The van der Waals surface area contributed by atoms with Gasteiger partial charge in [-0.15, -0.1) is 23.1 Å². The van der Waals surface area contributed by atoms with Crippen LogP contribution in [0.5, 0.6) is 0 Å². The van der Waals surface area contributed by atoms with Crippen LogP contribution in [-0.2, 0) is 0 Å². The van der Waals surface area contributed by atoms with Crippen molar-refractivity contribution in [3.63, 3.8) is 0 Å². The molecule has 0 bridgehead atoms. The third-order valence-electron chi connectivity index (χ3n) is 4.19. The third kappa shape index (κ3) is 4.06. The van der Waals surface area contributed by atoms with Crippen LogP contribution in [0.2, 0.25) is 10.0 Å². The van der Waals surface area contributed by atoms with Gasteiger partial charge in [-0.2, -0.15) is 0 Å². The van der Waals surface area contributed by atoms with Crippen molar-refractivity contribution >= 4 is 62.2 Å². The maximum absolute atomic E-state index is 12.7. The van der Waals surface area contributed by atoms with Gasteiger partial charge in [0.2, 0.25) is 0 Å². The van der Waals surface area contributed by atoms with Gasteiger partial charge in [-0.3, -0.25) is 4.79 Å². The standard InChI is InChI=1S/C20H18Cl2OS2/c1-11-9-19(12(2)8-16(11)22)24-7-6-17(23)20-13(3)15-10-14(21)4-5-18(15)25-20/h4-5,8-10H,6-7H2,1-3H3. The van der Waals surface area contributed by atoms with Crippen molar-refractivity contribution in [3.05, 3.63) is 61.9 Å². The Morgan fingerprint density at radius 2 is 1.84 bits per heavy atom. The fourth-order valence-electron chi connectivity index (χ4n) is 2.74. The number of hydrogen-bond acceptors (Lipinski definition) is 3. The van der Waals surface area contributed by atoms with Crippen LogP contribution in [0.4, 0.5) is 0 Å². The molecule has 3 aromatic rings. The number of thiophene rings is 1. The number of carbonyl (C=O) groups excluding carboxylic acids is 1. The second-order valence-corrected chi connectivity index (χ2v) is 9.12. The molecule has 0 spiro atoms. The van der Waals surface area contributed by atoms with Crippen molar-refractivity contribution in [2.45, 2.75) is 32.1 Å². The van der Waals surface area contributed by atoms with Crippen molar-refractivity contribution in [2.24, 2.45) is 0 Å². The first kappa shape index (κ1) is 18.8. The molecule has 5 heteroatoms. The first-order chi connectivity index (χ1) is 11.9. The SMILES string of the molecule is Cc1cc(SCCC(=O)c2sc3ccc(Cl)cc3c2C)c(C)cc1Cl.